The summed E-state index contributed by atoms with van der Waals surface area (Å²) in [6, 6.07) is 22.1. The number of fused-ring (bicyclic) bond motifs is 1. The number of hydrogen-bond donors (Lipinski definition) is 1. The van der Waals surface area contributed by atoms with Gasteiger partial charge < -0.3 is 14.8 Å². The lowest BCUT2D eigenvalue weighted by atomic mass is 10.1. The second kappa shape index (κ2) is 9.02. The van der Waals surface area contributed by atoms with Crippen molar-refractivity contribution >= 4 is 0 Å². The molecule has 1 atom stereocenters. The minimum atomic E-state index is -0.0314. The van der Waals surface area contributed by atoms with Crippen molar-refractivity contribution in [3.8, 4) is 22.8 Å². The summed E-state index contributed by atoms with van der Waals surface area (Å²) in [5.41, 5.74) is 4.30. The van der Waals surface area contributed by atoms with Crippen LogP contribution in [0.15, 0.2) is 85.3 Å². The molecule has 2 aromatic carbocycles. The maximum Gasteiger partial charge on any atom is 0.161 e. The summed E-state index contributed by atoms with van der Waals surface area (Å²) in [5, 5.41) is 8.36. The van der Waals surface area contributed by atoms with Crippen LogP contribution in [-0.2, 0) is 13.1 Å². The number of rotatable bonds is 7. The summed E-state index contributed by atoms with van der Waals surface area (Å²) >= 11 is 0. The minimum Gasteiger partial charge on any atom is -0.486 e. The Morgan fingerprint density at radius 3 is 2.65 bits per heavy atom. The molecule has 31 heavy (non-hydrogen) atoms. The molecule has 1 unspecified atom stereocenters. The number of pyridine rings is 1. The molecule has 1 N–H and O–H groups in total. The van der Waals surface area contributed by atoms with E-state index >= 15 is 0 Å². The van der Waals surface area contributed by atoms with E-state index in [1.165, 1.54) is 5.56 Å². The lowest BCUT2D eigenvalue weighted by Crippen LogP contribution is -2.38. The molecule has 4 aromatic rings. The van der Waals surface area contributed by atoms with Crippen LogP contribution in [0, 0.1) is 0 Å². The average Bonchev–Trinajstić information content (AvgIpc) is 3.22. The molecule has 0 radical (unpaired) electrons. The van der Waals surface area contributed by atoms with Crippen LogP contribution in [0.25, 0.3) is 11.3 Å². The van der Waals surface area contributed by atoms with E-state index in [9.17, 15) is 0 Å². The predicted molar refractivity (Wildman–Crippen MR) is 119 cm³/mol. The van der Waals surface area contributed by atoms with Gasteiger partial charge in [-0.1, -0.05) is 42.5 Å². The molecule has 1 aliphatic rings. The largest absolute Gasteiger partial charge is 0.486 e. The van der Waals surface area contributed by atoms with Crippen LogP contribution in [0.3, 0.4) is 0 Å². The summed E-state index contributed by atoms with van der Waals surface area (Å²) in [6.45, 7) is 2.63. The molecule has 0 amide bonds. The molecule has 0 bridgehead atoms. The fraction of sp³-hybridized carbons (Fsp3) is 0.200. The van der Waals surface area contributed by atoms with Gasteiger partial charge in [0.05, 0.1) is 12.2 Å². The highest BCUT2D eigenvalue weighted by Gasteiger charge is 2.20. The summed E-state index contributed by atoms with van der Waals surface area (Å²) < 4.78 is 13.9. The van der Waals surface area contributed by atoms with E-state index in [-0.39, 0.29) is 6.10 Å². The van der Waals surface area contributed by atoms with Gasteiger partial charge in [0.25, 0.3) is 0 Å². The summed E-state index contributed by atoms with van der Waals surface area (Å²) in [7, 11) is 0. The first-order valence-electron chi connectivity index (χ1n) is 10.4. The third kappa shape index (κ3) is 4.59. The van der Waals surface area contributed by atoms with E-state index in [1.807, 2.05) is 65.5 Å². The van der Waals surface area contributed by atoms with Gasteiger partial charge in [-0.2, -0.15) is 5.10 Å². The molecular formula is C25H24N4O2. The number of aromatic nitrogens is 3. The summed E-state index contributed by atoms with van der Waals surface area (Å²) in [5.74, 6) is 1.60. The average molecular weight is 412 g/mol. The molecule has 6 nitrogen and oxygen atoms in total. The SMILES string of the molecule is c1ccc(Cn2cc(CNCC3COc4ccccc4O3)c(-c3cccnc3)n2)cc1. The van der Waals surface area contributed by atoms with E-state index < -0.39 is 0 Å². The molecular weight excluding hydrogens is 388 g/mol. The van der Waals surface area contributed by atoms with Gasteiger partial charge in [0.15, 0.2) is 11.5 Å². The number of ether oxygens (including phenoxy) is 2. The Morgan fingerprint density at radius 1 is 0.968 bits per heavy atom. The van der Waals surface area contributed by atoms with Crippen LogP contribution in [0.1, 0.15) is 11.1 Å². The van der Waals surface area contributed by atoms with Crippen molar-refractivity contribution in [3.05, 3.63) is 96.4 Å². The van der Waals surface area contributed by atoms with Crippen LogP contribution in [0.5, 0.6) is 11.5 Å². The Labute approximate surface area is 181 Å². The lowest BCUT2D eigenvalue weighted by molar-refractivity contribution is 0.0902. The number of para-hydroxylation sites is 2. The Balaban J connectivity index is 1.28. The zero-order chi connectivity index (χ0) is 20.9. The fourth-order valence-electron chi connectivity index (χ4n) is 3.72. The first-order chi connectivity index (χ1) is 15.3. The van der Waals surface area contributed by atoms with Crippen molar-refractivity contribution in [2.24, 2.45) is 0 Å². The van der Waals surface area contributed by atoms with Crippen molar-refractivity contribution in [1.29, 1.82) is 0 Å². The molecule has 0 saturated carbocycles. The Kier molecular flexibility index (Phi) is 5.62. The minimum absolute atomic E-state index is 0.0314. The highest BCUT2D eigenvalue weighted by molar-refractivity contribution is 5.61. The zero-order valence-corrected chi connectivity index (χ0v) is 17.1. The van der Waals surface area contributed by atoms with Crippen molar-refractivity contribution in [2.75, 3.05) is 13.2 Å². The van der Waals surface area contributed by atoms with E-state index in [0.717, 1.165) is 34.9 Å². The van der Waals surface area contributed by atoms with Gasteiger partial charge in [-0.05, 0) is 29.8 Å². The van der Waals surface area contributed by atoms with Crippen molar-refractivity contribution < 1.29 is 9.47 Å². The van der Waals surface area contributed by atoms with E-state index in [0.29, 0.717) is 19.7 Å². The smallest absolute Gasteiger partial charge is 0.161 e. The first-order valence-corrected chi connectivity index (χ1v) is 10.4. The summed E-state index contributed by atoms with van der Waals surface area (Å²) in [6.07, 6.45) is 5.71. The van der Waals surface area contributed by atoms with E-state index in [4.69, 9.17) is 14.6 Å². The van der Waals surface area contributed by atoms with Crippen LogP contribution >= 0.6 is 0 Å². The standard InChI is InChI=1S/C25H24N4O2/c1-2-7-19(8-3-1)16-29-17-21(25(28-29)20-9-6-12-26-13-20)14-27-15-22-18-30-23-10-4-5-11-24(23)31-22/h1-13,17,22,27H,14-16,18H2. The van der Waals surface area contributed by atoms with Gasteiger partial charge in [0, 0.05) is 42.8 Å². The van der Waals surface area contributed by atoms with Gasteiger partial charge in [-0.25, -0.2) is 0 Å². The van der Waals surface area contributed by atoms with Crippen LogP contribution in [0.2, 0.25) is 0 Å². The van der Waals surface area contributed by atoms with Crippen LogP contribution in [0.4, 0.5) is 0 Å². The number of benzene rings is 2. The highest BCUT2D eigenvalue weighted by atomic mass is 16.6. The normalized spacial score (nSPS) is 15.0. The number of hydrogen-bond acceptors (Lipinski definition) is 5. The third-order valence-electron chi connectivity index (χ3n) is 5.21. The first kappa shape index (κ1) is 19.3. The van der Waals surface area contributed by atoms with Crippen LogP contribution in [-0.4, -0.2) is 34.0 Å². The van der Waals surface area contributed by atoms with Crippen molar-refractivity contribution in [2.45, 2.75) is 19.2 Å². The second-order valence-electron chi connectivity index (χ2n) is 7.56. The molecule has 1 aliphatic heterocycles. The zero-order valence-electron chi connectivity index (χ0n) is 17.1. The monoisotopic (exact) mass is 412 g/mol. The third-order valence-corrected chi connectivity index (χ3v) is 5.21. The van der Waals surface area contributed by atoms with E-state index in [2.05, 4.69) is 28.6 Å². The van der Waals surface area contributed by atoms with Gasteiger partial charge >= 0.3 is 0 Å². The topological polar surface area (TPSA) is 61.2 Å². The molecule has 0 saturated heterocycles. The molecule has 2 aromatic heterocycles. The van der Waals surface area contributed by atoms with Gasteiger partial charge in [-0.15, -0.1) is 0 Å². The Bertz CT molecular complexity index is 1130. The molecule has 156 valence electrons. The number of nitrogens with one attached hydrogen (secondary N) is 1. The quantitative estimate of drug-likeness (QED) is 0.499. The second-order valence-corrected chi connectivity index (χ2v) is 7.56. The van der Waals surface area contributed by atoms with Gasteiger partial charge in [-0.3, -0.25) is 9.67 Å². The fourth-order valence-corrected chi connectivity index (χ4v) is 3.72. The maximum absolute atomic E-state index is 6.05. The molecule has 0 aliphatic carbocycles. The summed E-state index contributed by atoms with van der Waals surface area (Å²) in [4.78, 5) is 4.26. The molecule has 6 heteroatoms. The lowest BCUT2D eigenvalue weighted by Gasteiger charge is -2.26. The Morgan fingerprint density at radius 2 is 1.81 bits per heavy atom. The predicted octanol–water partition coefficient (Wildman–Crippen LogP) is 3.92. The Hall–Kier alpha value is -3.64. The molecule has 0 spiro atoms. The highest BCUT2D eigenvalue weighted by Crippen LogP contribution is 2.30. The molecule has 3 heterocycles. The van der Waals surface area contributed by atoms with Gasteiger partial charge in [0.2, 0.25) is 0 Å². The maximum atomic E-state index is 6.05. The van der Waals surface area contributed by atoms with Crippen LogP contribution < -0.4 is 14.8 Å². The van der Waals surface area contributed by atoms with Crippen molar-refractivity contribution in [1.82, 2.24) is 20.1 Å². The molecule has 5 rings (SSSR count). The van der Waals surface area contributed by atoms with Crippen molar-refractivity contribution in [3.63, 3.8) is 0 Å². The number of nitrogens with zero attached hydrogens (tertiary/aromatic N) is 3. The van der Waals surface area contributed by atoms with E-state index in [1.54, 1.807) is 6.20 Å². The van der Waals surface area contributed by atoms with Gasteiger partial charge in [0.1, 0.15) is 12.7 Å². The molecule has 0 fully saturated rings.